The van der Waals surface area contributed by atoms with E-state index in [1.54, 1.807) is 0 Å². The van der Waals surface area contributed by atoms with Crippen LogP contribution in [0.5, 0.6) is 5.75 Å². The second kappa shape index (κ2) is 8.29. The number of hydrogen-bond donors (Lipinski definition) is 1. The monoisotopic (exact) mass is 336 g/mol. The average molecular weight is 336 g/mol. The van der Waals surface area contributed by atoms with Gasteiger partial charge < -0.3 is 9.64 Å². The van der Waals surface area contributed by atoms with E-state index in [0.717, 1.165) is 30.6 Å². The van der Waals surface area contributed by atoms with Gasteiger partial charge in [0.15, 0.2) is 0 Å². The number of ether oxygens (including phenoxy) is 1. The molecule has 0 fully saturated rings. The van der Waals surface area contributed by atoms with Gasteiger partial charge in [-0.2, -0.15) is 0 Å². The van der Waals surface area contributed by atoms with Gasteiger partial charge in [0.05, 0.1) is 6.26 Å². The van der Waals surface area contributed by atoms with Crippen LogP contribution in [-0.4, -0.2) is 52.9 Å². The van der Waals surface area contributed by atoms with Crippen molar-refractivity contribution in [3.63, 3.8) is 0 Å². The largest absolute Gasteiger partial charge is 0.492 e. The van der Waals surface area contributed by atoms with E-state index < -0.39 is 10.0 Å². The number of benzene rings is 2. The Labute approximate surface area is 138 Å². The van der Waals surface area contributed by atoms with Crippen LogP contribution in [0.15, 0.2) is 42.5 Å². The maximum Gasteiger partial charge on any atom is 0.208 e. The molecule has 0 aromatic heterocycles. The Morgan fingerprint density at radius 1 is 1.09 bits per heavy atom. The van der Waals surface area contributed by atoms with Crippen molar-refractivity contribution < 1.29 is 13.2 Å². The number of nitrogens with zero attached hydrogens (tertiary/aromatic N) is 1. The third-order valence-electron chi connectivity index (χ3n) is 3.56. The van der Waals surface area contributed by atoms with Crippen molar-refractivity contribution in [3.05, 3.63) is 42.5 Å². The zero-order chi connectivity index (χ0) is 16.7. The predicted molar refractivity (Wildman–Crippen MR) is 94.4 cm³/mol. The Morgan fingerprint density at radius 3 is 2.61 bits per heavy atom. The molecule has 126 valence electrons. The van der Waals surface area contributed by atoms with E-state index in [2.05, 4.69) is 27.8 Å². The smallest absolute Gasteiger partial charge is 0.208 e. The van der Waals surface area contributed by atoms with Crippen LogP contribution >= 0.6 is 0 Å². The summed E-state index contributed by atoms with van der Waals surface area (Å²) in [7, 11) is -1.08. The van der Waals surface area contributed by atoms with Crippen molar-refractivity contribution in [1.82, 2.24) is 9.62 Å². The highest BCUT2D eigenvalue weighted by molar-refractivity contribution is 7.88. The molecule has 23 heavy (non-hydrogen) atoms. The molecule has 0 spiro atoms. The van der Waals surface area contributed by atoms with E-state index in [9.17, 15) is 8.42 Å². The molecule has 0 radical (unpaired) electrons. The van der Waals surface area contributed by atoms with Crippen molar-refractivity contribution in [3.8, 4) is 5.75 Å². The van der Waals surface area contributed by atoms with Gasteiger partial charge in [0.2, 0.25) is 10.0 Å². The predicted octanol–water partition coefficient (Wildman–Crippen LogP) is 2.09. The lowest BCUT2D eigenvalue weighted by atomic mass is 10.1. The zero-order valence-electron chi connectivity index (χ0n) is 13.7. The molecule has 0 atom stereocenters. The topological polar surface area (TPSA) is 58.6 Å². The van der Waals surface area contributed by atoms with Gasteiger partial charge in [-0.15, -0.1) is 0 Å². The first-order chi connectivity index (χ1) is 11.0. The van der Waals surface area contributed by atoms with Crippen LogP contribution in [-0.2, 0) is 10.0 Å². The highest BCUT2D eigenvalue weighted by Crippen LogP contribution is 2.24. The molecule has 2 rings (SSSR count). The standard InChI is InChI=1S/C17H24N2O3S/c1-19(12-6-11-18-23(2,20)21)13-14-22-17-10-5-8-15-7-3-4-9-16(15)17/h3-5,7-10,18H,6,11-14H2,1-2H3. The number of fused-ring (bicyclic) bond motifs is 1. The highest BCUT2D eigenvalue weighted by Gasteiger charge is 2.04. The summed E-state index contributed by atoms with van der Waals surface area (Å²) in [5.74, 6) is 0.898. The Hall–Kier alpha value is -1.63. The highest BCUT2D eigenvalue weighted by atomic mass is 32.2. The van der Waals surface area contributed by atoms with E-state index in [1.165, 1.54) is 11.6 Å². The van der Waals surface area contributed by atoms with Crippen LogP contribution < -0.4 is 9.46 Å². The summed E-state index contributed by atoms with van der Waals surface area (Å²) >= 11 is 0. The van der Waals surface area contributed by atoms with Crippen molar-refractivity contribution in [2.24, 2.45) is 0 Å². The molecule has 0 aliphatic heterocycles. The fourth-order valence-electron chi connectivity index (χ4n) is 2.35. The Kier molecular flexibility index (Phi) is 6.38. The van der Waals surface area contributed by atoms with Gasteiger partial charge in [-0.05, 0) is 31.5 Å². The first kappa shape index (κ1) is 17.7. The van der Waals surface area contributed by atoms with Crippen LogP contribution in [0.4, 0.5) is 0 Å². The molecule has 5 nitrogen and oxygen atoms in total. The zero-order valence-corrected chi connectivity index (χ0v) is 14.5. The van der Waals surface area contributed by atoms with Gasteiger partial charge >= 0.3 is 0 Å². The number of likely N-dealkylation sites (N-methyl/N-ethyl adjacent to an activating group) is 1. The minimum absolute atomic E-state index is 0.466. The summed E-state index contributed by atoms with van der Waals surface area (Å²) in [6.07, 6.45) is 1.95. The molecule has 0 amide bonds. The van der Waals surface area contributed by atoms with Crippen LogP contribution in [0, 0.1) is 0 Å². The van der Waals surface area contributed by atoms with E-state index in [4.69, 9.17) is 4.74 Å². The van der Waals surface area contributed by atoms with Crippen molar-refractivity contribution in [2.75, 3.05) is 39.5 Å². The van der Waals surface area contributed by atoms with Gasteiger partial charge in [0.1, 0.15) is 12.4 Å². The number of nitrogens with one attached hydrogen (secondary N) is 1. The molecule has 2 aromatic rings. The third-order valence-corrected chi connectivity index (χ3v) is 4.29. The van der Waals surface area contributed by atoms with E-state index >= 15 is 0 Å². The maximum atomic E-state index is 11.0. The lowest BCUT2D eigenvalue weighted by molar-refractivity contribution is 0.238. The van der Waals surface area contributed by atoms with Gasteiger partial charge in [0.25, 0.3) is 0 Å². The molecule has 0 saturated carbocycles. The summed E-state index contributed by atoms with van der Waals surface area (Å²) in [6.45, 7) is 2.68. The SMILES string of the molecule is CN(CCCNS(C)(=O)=O)CCOc1cccc2ccccc12. The molecule has 6 heteroatoms. The maximum absolute atomic E-state index is 11.0. The molecular weight excluding hydrogens is 312 g/mol. The lowest BCUT2D eigenvalue weighted by Gasteiger charge is -2.17. The minimum atomic E-state index is -3.09. The minimum Gasteiger partial charge on any atom is -0.492 e. The first-order valence-electron chi connectivity index (χ1n) is 7.69. The quantitative estimate of drug-likeness (QED) is 0.713. The van der Waals surface area contributed by atoms with Crippen LogP contribution in [0.1, 0.15) is 6.42 Å². The lowest BCUT2D eigenvalue weighted by Crippen LogP contribution is -2.29. The average Bonchev–Trinajstić information content (AvgIpc) is 2.51. The number of hydrogen-bond acceptors (Lipinski definition) is 4. The Morgan fingerprint density at radius 2 is 1.83 bits per heavy atom. The molecule has 0 unspecified atom stereocenters. The van der Waals surface area contributed by atoms with Gasteiger partial charge in [0, 0.05) is 18.5 Å². The van der Waals surface area contributed by atoms with Crippen LogP contribution in [0.25, 0.3) is 10.8 Å². The summed E-state index contributed by atoms with van der Waals surface area (Å²) < 4.78 is 30.3. The summed E-state index contributed by atoms with van der Waals surface area (Å²) in [5.41, 5.74) is 0. The summed E-state index contributed by atoms with van der Waals surface area (Å²) in [6, 6.07) is 14.2. The Bertz CT molecular complexity index is 726. The van der Waals surface area contributed by atoms with E-state index in [1.807, 2.05) is 31.3 Å². The van der Waals surface area contributed by atoms with E-state index in [-0.39, 0.29) is 0 Å². The molecule has 0 aliphatic carbocycles. The molecule has 0 aliphatic rings. The van der Waals surface area contributed by atoms with Crippen molar-refractivity contribution >= 4 is 20.8 Å². The third kappa shape index (κ3) is 6.17. The second-order valence-corrected chi connectivity index (χ2v) is 7.48. The fraction of sp³-hybridized carbons (Fsp3) is 0.412. The molecule has 0 saturated heterocycles. The van der Waals surface area contributed by atoms with Gasteiger partial charge in [-0.1, -0.05) is 36.4 Å². The van der Waals surface area contributed by atoms with Crippen LogP contribution in [0.2, 0.25) is 0 Å². The summed E-state index contributed by atoms with van der Waals surface area (Å²) in [5, 5.41) is 2.29. The molecular formula is C17H24N2O3S. The second-order valence-electron chi connectivity index (χ2n) is 5.65. The Balaban J connectivity index is 1.74. The molecule has 0 heterocycles. The van der Waals surface area contributed by atoms with Gasteiger partial charge in [-0.3, -0.25) is 0 Å². The van der Waals surface area contributed by atoms with Crippen LogP contribution in [0.3, 0.4) is 0 Å². The first-order valence-corrected chi connectivity index (χ1v) is 9.58. The molecule has 2 aromatic carbocycles. The number of sulfonamides is 1. The fourth-order valence-corrected chi connectivity index (χ4v) is 2.87. The van der Waals surface area contributed by atoms with Gasteiger partial charge in [-0.25, -0.2) is 13.1 Å². The van der Waals surface area contributed by atoms with E-state index in [0.29, 0.717) is 13.2 Å². The van der Waals surface area contributed by atoms with Crippen molar-refractivity contribution in [1.29, 1.82) is 0 Å². The summed E-state index contributed by atoms with van der Waals surface area (Å²) in [4.78, 5) is 2.13. The van der Waals surface area contributed by atoms with Crippen molar-refractivity contribution in [2.45, 2.75) is 6.42 Å². The normalized spacial score (nSPS) is 12.0. The molecule has 1 N–H and O–H groups in total. The number of rotatable bonds is 9. The molecule has 0 bridgehead atoms.